The SMILES string of the molecule is O=C(Cn1nnc(-c2ccccc2NC(=O)c2ccccc2Cl)n1)Nc1ccccc1. The standard InChI is InChI=1S/C22H17ClN6O2/c23-18-12-6-4-10-16(18)22(31)25-19-13-7-5-11-17(19)21-26-28-29(27-21)14-20(30)24-15-8-2-1-3-9-15/h1-13H,14H2,(H,24,30)(H,25,31). The highest BCUT2D eigenvalue weighted by Crippen LogP contribution is 2.26. The van der Waals surface area contributed by atoms with E-state index in [9.17, 15) is 9.59 Å². The summed E-state index contributed by atoms with van der Waals surface area (Å²) in [5, 5.41) is 18.2. The molecule has 9 heteroatoms. The molecule has 0 bridgehead atoms. The lowest BCUT2D eigenvalue weighted by Gasteiger charge is -2.09. The molecule has 0 saturated heterocycles. The third kappa shape index (κ3) is 4.93. The van der Waals surface area contributed by atoms with Gasteiger partial charge in [0.1, 0.15) is 6.54 Å². The Morgan fingerprint density at radius 2 is 1.58 bits per heavy atom. The van der Waals surface area contributed by atoms with Gasteiger partial charge in [0.15, 0.2) is 0 Å². The Labute approximate surface area is 182 Å². The Bertz CT molecular complexity index is 1230. The fourth-order valence-corrected chi connectivity index (χ4v) is 3.11. The molecule has 0 aliphatic rings. The molecule has 1 aromatic heterocycles. The van der Waals surface area contributed by atoms with Crippen LogP contribution in [0.1, 0.15) is 10.4 Å². The molecule has 1 heterocycles. The fraction of sp³-hybridized carbons (Fsp3) is 0.0455. The first-order valence-corrected chi connectivity index (χ1v) is 9.76. The van der Waals surface area contributed by atoms with Crippen LogP contribution in [0.15, 0.2) is 78.9 Å². The molecule has 4 aromatic rings. The Hall–Kier alpha value is -4.04. The second-order valence-corrected chi connectivity index (χ2v) is 6.94. The molecule has 0 unspecified atom stereocenters. The number of para-hydroxylation sites is 2. The van der Waals surface area contributed by atoms with Crippen LogP contribution in [0.5, 0.6) is 0 Å². The average molecular weight is 433 g/mol. The van der Waals surface area contributed by atoms with Crippen LogP contribution >= 0.6 is 11.6 Å². The van der Waals surface area contributed by atoms with E-state index in [4.69, 9.17) is 11.6 Å². The van der Waals surface area contributed by atoms with Crippen molar-refractivity contribution < 1.29 is 9.59 Å². The maximum Gasteiger partial charge on any atom is 0.257 e. The van der Waals surface area contributed by atoms with Gasteiger partial charge in [-0.1, -0.05) is 54.1 Å². The molecule has 0 atom stereocenters. The van der Waals surface area contributed by atoms with Crippen molar-refractivity contribution in [1.82, 2.24) is 20.2 Å². The number of nitrogens with one attached hydrogen (secondary N) is 2. The minimum atomic E-state index is -0.354. The van der Waals surface area contributed by atoms with E-state index in [0.717, 1.165) is 0 Å². The molecule has 2 amide bonds. The molecule has 0 fully saturated rings. The summed E-state index contributed by atoms with van der Waals surface area (Å²) in [6.07, 6.45) is 0. The number of tetrazole rings is 1. The van der Waals surface area contributed by atoms with Crippen LogP contribution in [0.4, 0.5) is 11.4 Å². The highest BCUT2D eigenvalue weighted by atomic mass is 35.5. The number of rotatable bonds is 6. The van der Waals surface area contributed by atoms with E-state index in [2.05, 4.69) is 26.0 Å². The van der Waals surface area contributed by atoms with Crippen molar-refractivity contribution in [2.75, 3.05) is 10.6 Å². The Morgan fingerprint density at radius 3 is 2.39 bits per heavy atom. The monoisotopic (exact) mass is 432 g/mol. The topological polar surface area (TPSA) is 102 Å². The molecule has 154 valence electrons. The van der Waals surface area contributed by atoms with Crippen LogP contribution in [-0.4, -0.2) is 32.0 Å². The van der Waals surface area contributed by atoms with E-state index in [1.807, 2.05) is 18.2 Å². The number of carbonyl (C=O) groups is 2. The molecule has 0 radical (unpaired) electrons. The number of anilines is 2. The summed E-state index contributed by atoms with van der Waals surface area (Å²) in [6.45, 7) is -0.101. The van der Waals surface area contributed by atoms with Crippen LogP contribution in [0.2, 0.25) is 5.02 Å². The number of hydrogen-bond acceptors (Lipinski definition) is 5. The van der Waals surface area contributed by atoms with Gasteiger partial charge < -0.3 is 10.6 Å². The zero-order valence-corrected chi connectivity index (χ0v) is 17.0. The van der Waals surface area contributed by atoms with E-state index < -0.39 is 0 Å². The van der Waals surface area contributed by atoms with Gasteiger partial charge in [0.05, 0.1) is 16.3 Å². The number of benzene rings is 3. The number of amides is 2. The van der Waals surface area contributed by atoms with Crippen molar-refractivity contribution >= 4 is 34.8 Å². The highest BCUT2D eigenvalue weighted by molar-refractivity contribution is 6.34. The fourth-order valence-electron chi connectivity index (χ4n) is 2.89. The highest BCUT2D eigenvalue weighted by Gasteiger charge is 2.16. The van der Waals surface area contributed by atoms with Crippen LogP contribution in [0, 0.1) is 0 Å². The molecular weight excluding hydrogens is 416 g/mol. The van der Waals surface area contributed by atoms with E-state index in [1.165, 1.54) is 4.80 Å². The van der Waals surface area contributed by atoms with Gasteiger partial charge in [-0.05, 0) is 41.6 Å². The first-order chi connectivity index (χ1) is 15.1. The van der Waals surface area contributed by atoms with Gasteiger partial charge in [0, 0.05) is 11.3 Å². The Kier molecular flexibility index (Phi) is 6.00. The van der Waals surface area contributed by atoms with Crippen molar-refractivity contribution in [3.63, 3.8) is 0 Å². The summed E-state index contributed by atoms with van der Waals surface area (Å²) >= 11 is 6.12. The Balaban J connectivity index is 1.49. The van der Waals surface area contributed by atoms with Crippen LogP contribution in [-0.2, 0) is 11.3 Å². The molecular formula is C22H17ClN6O2. The van der Waals surface area contributed by atoms with Crippen LogP contribution < -0.4 is 10.6 Å². The zero-order chi connectivity index (χ0) is 21.6. The number of carbonyl (C=O) groups excluding carboxylic acids is 2. The van der Waals surface area contributed by atoms with Gasteiger partial charge in [-0.15, -0.1) is 10.2 Å². The number of halogens is 1. The minimum absolute atomic E-state index is 0.101. The molecule has 31 heavy (non-hydrogen) atoms. The van der Waals surface area contributed by atoms with Crippen molar-refractivity contribution in [1.29, 1.82) is 0 Å². The molecule has 4 rings (SSSR count). The number of nitrogens with zero attached hydrogens (tertiary/aromatic N) is 4. The molecule has 8 nitrogen and oxygen atoms in total. The molecule has 3 aromatic carbocycles. The largest absolute Gasteiger partial charge is 0.324 e. The molecule has 0 aliphatic carbocycles. The second kappa shape index (κ2) is 9.19. The maximum absolute atomic E-state index is 12.6. The molecule has 0 saturated carbocycles. The van der Waals surface area contributed by atoms with Crippen molar-refractivity contribution in [3.05, 3.63) is 89.4 Å². The van der Waals surface area contributed by atoms with Crippen LogP contribution in [0.3, 0.4) is 0 Å². The first-order valence-electron chi connectivity index (χ1n) is 9.38. The van der Waals surface area contributed by atoms with Crippen molar-refractivity contribution in [2.45, 2.75) is 6.54 Å². The van der Waals surface area contributed by atoms with Crippen molar-refractivity contribution in [3.8, 4) is 11.4 Å². The number of aromatic nitrogens is 4. The van der Waals surface area contributed by atoms with Crippen molar-refractivity contribution in [2.24, 2.45) is 0 Å². The second-order valence-electron chi connectivity index (χ2n) is 6.54. The summed E-state index contributed by atoms with van der Waals surface area (Å²) < 4.78 is 0. The van der Waals surface area contributed by atoms with Crippen LogP contribution in [0.25, 0.3) is 11.4 Å². The summed E-state index contributed by atoms with van der Waals surface area (Å²) in [4.78, 5) is 26.0. The third-order valence-corrected chi connectivity index (χ3v) is 4.66. The predicted octanol–water partition coefficient (Wildman–Crippen LogP) is 3.88. The summed E-state index contributed by atoms with van der Waals surface area (Å²) in [5.41, 5.74) is 2.10. The lowest BCUT2D eigenvalue weighted by molar-refractivity contribution is -0.117. The first kappa shape index (κ1) is 20.2. The van der Waals surface area contributed by atoms with Gasteiger partial charge in [-0.3, -0.25) is 9.59 Å². The zero-order valence-electron chi connectivity index (χ0n) is 16.2. The van der Waals surface area contributed by atoms with E-state index in [-0.39, 0.29) is 24.2 Å². The smallest absolute Gasteiger partial charge is 0.257 e. The van der Waals surface area contributed by atoms with Gasteiger partial charge in [0.25, 0.3) is 5.91 Å². The van der Waals surface area contributed by atoms with Gasteiger partial charge >= 0.3 is 0 Å². The van der Waals surface area contributed by atoms with Gasteiger partial charge in [0.2, 0.25) is 11.7 Å². The quantitative estimate of drug-likeness (QED) is 0.481. The Morgan fingerprint density at radius 1 is 0.871 bits per heavy atom. The third-order valence-electron chi connectivity index (χ3n) is 4.33. The number of hydrogen-bond donors (Lipinski definition) is 2. The summed E-state index contributed by atoms with van der Waals surface area (Å²) in [7, 11) is 0. The average Bonchev–Trinajstić information content (AvgIpc) is 3.23. The summed E-state index contributed by atoms with van der Waals surface area (Å²) in [6, 6.07) is 22.9. The molecule has 0 aliphatic heterocycles. The maximum atomic E-state index is 12.6. The predicted molar refractivity (Wildman–Crippen MR) is 118 cm³/mol. The lowest BCUT2D eigenvalue weighted by atomic mass is 10.1. The molecule has 0 spiro atoms. The normalized spacial score (nSPS) is 10.5. The lowest BCUT2D eigenvalue weighted by Crippen LogP contribution is -2.20. The van der Waals surface area contributed by atoms with E-state index in [0.29, 0.717) is 27.5 Å². The minimum Gasteiger partial charge on any atom is -0.324 e. The molecule has 2 N–H and O–H groups in total. The van der Waals surface area contributed by atoms with Gasteiger partial charge in [-0.25, -0.2) is 0 Å². The van der Waals surface area contributed by atoms with E-state index in [1.54, 1.807) is 60.7 Å². The van der Waals surface area contributed by atoms with Gasteiger partial charge in [-0.2, -0.15) is 4.80 Å². The van der Waals surface area contributed by atoms with E-state index >= 15 is 0 Å². The summed E-state index contributed by atoms with van der Waals surface area (Å²) in [5.74, 6) is -0.356.